The number of rotatable bonds is 5. The normalized spacial score (nSPS) is 20.4. The predicted molar refractivity (Wildman–Crippen MR) is 97.1 cm³/mol. The van der Waals surface area contributed by atoms with E-state index < -0.39 is 0 Å². The minimum absolute atomic E-state index is 0.00598. The molecule has 2 aromatic rings. The topological polar surface area (TPSA) is 54.0 Å². The lowest BCUT2D eigenvalue weighted by Crippen LogP contribution is -2.38. The molecule has 0 radical (unpaired) electrons. The molecule has 1 saturated carbocycles. The van der Waals surface area contributed by atoms with Crippen molar-refractivity contribution in [3.63, 3.8) is 0 Å². The smallest absolute Gasteiger partial charge is 0.253 e. The van der Waals surface area contributed by atoms with Crippen molar-refractivity contribution in [1.82, 2.24) is 10.3 Å². The molecule has 1 aromatic carbocycles. The van der Waals surface area contributed by atoms with Crippen LogP contribution in [0.25, 0.3) is 0 Å². The second-order valence-corrected chi connectivity index (χ2v) is 6.57. The van der Waals surface area contributed by atoms with Crippen LogP contribution in [-0.2, 0) is 0 Å². The van der Waals surface area contributed by atoms with E-state index in [0.717, 1.165) is 37.9 Å². The molecule has 4 heteroatoms. The van der Waals surface area contributed by atoms with Gasteiger partial charge in [0.2, 0.25) is 0 Å². The van der Waals surface area contributed by atoms with E-state index >= 15 is 0 Å². The van der Waals surface area contributed by atoms with Crippen LogP contribution in [0.5, 0.6) is 0 Å². The zero-order valence-electron chi connectivity index (χ0n) is 14.2. The first-order valence-electron chi connectivity index (χ1n) is 8.74. The van der Waals surface area contributed by atoms with Gasteiger partial charge in [0.05, 0.1) is 5.56 Å². The second kappa shape index (κ2) is 7.95. The van der Waals surface area contributed by atoms with Crippen molar-refractivity contribution in [2.24, 2.45) is 5.92 Å². The van der Waals surface area contributed by atoms with Crippen LogP contribution < -0.4 is 10.6 Å². The number of para-hydroxylation sites is 1. The molecular weight excluding hydrogens is 298 g/mol. The lowest BCUT2D eigenvalue weighted by molar-refractivity contribution is 0.0921. The van der Waals surface area contributed by atoms with Gasteiger partial charge in [0.1, 0.15) is 0 Å². The van der Waals surface area contributed by atoms with Crippen molar-refractivity contribution in [2.45, 2.75) is 38.6 Å². The SMILES string of the molecule is Cc1ncccc1C(=O)NC1CCC(CNc2ccccc2)CC1. The number of pyridine rings is 1. The first-order valence-corrected chi connectivity index (χ1v) is 8.74. The summed E-state index contributed by atoms with van der Waals surface area (Å²) >= 11 is 0. The summed E-state index contributed by atoms with van der Waals surface area (Å²) in [7, 11) is 0. The molecule has 4 nitrogen and oxygen atoms in total. The highest BCUT2D eigenvalue weighted by molar-refractivity contribution is 5.95. The highest BCUT2D eigenvalue weighted by atomic mass is 16.1. The van der Waals surface area contributed by atoms with Gasteiger partial charge in [0.25, 0.3) is 5.91 Å². The number of nitrogens with one attached hydrogen (secondary N) is 2. The molecular formula is C20H25N3O. The summed E-state index contributed by atoms with van der Waals surface area (Å²) in [5.74, 6) is 0.685. The summed E-state index contributed by atoms with van der Waals surface area (Å²) < 4.78 is 0. The van der Waals surface area contributed by atoms with Crippen molar-refractivity contribution in [2.75, 3.05) is 11.9 Å². The van der Waals surface area contributed by atoms with Gasteiger partial charge < -0.3 is 10.6 Å². The standard InChI is InChI=1S/C20H25N3O/c1-15-19(8-5-13-21-15)20(24)23-18-11-9-16(10-12-18)14-22-17-6-3-2-4-7-17/h2-8,13,16,18,22H,9-12,14H2,1H3,(H,23,24). The Morgan fingerprint density at radius 3 is 2.54 bits per heavy atom. The average Bonchev–Trinajstić information content (AvgIpc) is 2.62. The van der Waals surface area contributed by atoms with Gasteiger partial charge in [-0.25, -0.2) is 0 Å². The van der Waals surface area contributed by atoms with Crippen molar-refractivity contribution in [3.8, 4) is 0 Å². The molecule has 0 bridgehead atoms. The second-order valence-electron chi connectivity index (χ2n) is 6.57. The lowest BCUT2D eigenvalue weighted by Gasteiger charge is -2.29. The van der Waals surface area contributed by atoms with E-state index in [9.17, 15) is 4.79 Å². The van der Waals surface area contributed by atoms with Gasteiger partial charge in [-0.05, 0) is 62.8 Å². The monoisotopic (exact) mass is 323 g/mol. The number of hydrogen-bond donors (Lipinski definition) is 2. The van der Waals surface area contributed by atoms with Crippen LogP contribution in [0.4, 0.5) is 5.69 Å². The third-order valence-corrected chi connectivity index (χ3v) is 4.80. The van der Waals surface area contributed by atoms with E-state index in [4.69, 9.17) is 0 Å². The van der Waals surface area contributed by atoms with Gasteiger partial charge in [-0.3, -0.25) is 9.78 Å². The summed E-state index contributed by atoms with van der Waals surface area (Å²) in [5, 5.41) is 6.68. The van der Waals surface area contributed by atoms with Crippen LogP contribution in [0.15, 0.2) is 48.7 Å². The molecule has 1 amide bonds. The maximum atomic E-state index is 12.4. The largest absolute Gasteiger partial charge is 0.385 e. The van der Waals surface area contributed by atoms with Gasteiger partial charge in [-0.15, -0.1) is 0 Å². The Morgan fingerprint density at radius 2 is 1.83 bits per heavy atom. The highest BCUT2D eigenvalue weighted by Crippen LogP contribution is 2.25. The third kappa shape index (κ3) is 4.34. The quantitative estimate of drug-likeness (QED) is 0.880. The van der Waals surface area contributed by atoms with Gasteiger partial charge in [0.15, 0.2) is 0 Å². The zero-order valence-corrected chi connectivity index (χ0v) is 14.2. The summed E-state index contributed by atoms with van der Waals surface area (Å²) in [6, 6.07) is 14.3. The number of hydrogen-bond acceptors (Lipinski definition) is 3. The first-order chi connectivity index (χ1) is 11.7. The zero-order chi connectivity index (χ0) is 16.8. The van der Waals surface area contributed by atoms with Crippen LogP contribution in [0, 0.1) is 12.8 Å². The maximum Gasteiger partial charge on any atom is 0.253 e. The molecule has 1 aromatic heterocycles. The fourth-order valence-electron chi connectivity index (χ4n) is 3.32. The maximum absolute atomic E-state index is 12.4. The number of nitrogens with zero attached hydrogens (tertiary/aromatic N) is 1. The van der Waals surface area contributed by atoms with Gasteiger partial charge in [-0.1, -0.05) is 18.2 Å². The van der Waals surface area contributed by atoms with E-state index in [-0.39, 0.29) is 11.9 Å². The molecule has 24 heavy (non-hydrogen) atoms. The summed E-state index contributed by atoms with van der Waals surface area (Å²) in [5.41, 5.74) is 2.65. The number of carbonyl (C=O) groups excluding carboxylic acids is 1. The Hall–Kier alpha value is -2.36. The fraction of sp³-hybridized carbons (Fsp3) is 0.400. The number of benzene rings is 1. The molecule has 0 aliphatic heterocycles. The summed E-state index contributed by atoms with van der Waals surface area (Å²) in [4.78, 5) is 16.6. The number of aromatic nitrogens is 1. The number of amides is 1. The molecule has 126 valence electrons. The predicted octanol–water partition coefficient (Wildman–Crippen LogP) is 3.79. The van der Waals surface area contributed by atoms with Crippen molar-refractivity contribution in [3.05, 3.63) is 59.9 Å². The van der Waals surface area contributed by atoms with Crippen LogP contribution in [0.2, 0.25) is 0 Å². The van der Waals surface area contributed by atoms with Crippen LogP contribution in [0.3, 0.4) is 0 Å². The van der Waals surface area contributed by atoms with E-state index in [1.54, 1.807) is 6.20 Å². The molecule has 0 atom stereocenters. The number of aryl methyl sites for hydroxylation is 1. The van der Waals surface area contributed by atoms with E-state index in [1.165, 1.54) is 5.69 Å². The van der Waals surface area contributed by atoms with E-state index in [0.29, 0.717) is 11.5 Å². The van der Waals surface area contributed by atoms with Crippen LogP contribution >= 0.6 is 0 Å². The van der Waals surface area contributed by atoms with Crippen molar-refractivity contribution >= 4 is 11.6 Å². The van der Waals surface area contributed by atoms with Gasteiger partial charge in [0, 0.05) is 30.2 Å². The van der Waals surface area contributed by atoms with Gasteiger partial charge >= 0.3 is 0 Å². The Bertz CT molecular complexity index is 664. The fourth-order valence-corrected chi connectivity index (χ4v) is 3.32. The molecule has 1 fully saturated rings. The summed E-state index contributed by atoms with van der Waals surface area (Å²) in [6.07, 6.45) is 6.11. The Morgan fingerprint density at radius 1 is 1.08 bits per heavy atom. The van der Waals surface area contributed by atoms with E-state index in [2.05, 4.69) is 39.9 Å². The Balaban J connectivity index is 1.44. The molecule has 0 unspecified atom stereocenters. The Kier molecular flexibility index (Phi) is 5.47. The molecule has 1 aliphatic rings. The average molecular weight is 323 g/mol. The van der Waals surface area contributed by atoms with E-state index in [1.807, 2.05) is 25.1 Å². The molecule has 2 N–H and O–H groups in total. The van der Waals surface area contributed by atoms with Crippen LogP contribution in [-0.4, -0.2) is 23.5 Å². The molecule has 3 rings (SSSR count). The molecule has 1 heterocycles. The third-order valence-electron chi connectivity index (χ3n) is 4.80. The summed E-state index contributed by atoms with van der Waals surface area (Å²) in [6.45, 7) is 2.88. The first kappa shape index (κ1) is 16.5. The van der Waals surface area contributed by atoms with Crippen LogP contribution in [0.1, 0.15) is 41.7 Å². The molecule has 0 spiro atoms. The van der Waals surface area contributed by atoms with Crippen molar-refractivity contribution < 1.29 is 4.79 Å². The molecule has 0 saturated heterocycles. The number of carbonyl (C=O) groups is 1. The Labute approximate surface area is 143 Å². The highest BCUT2D eigenvalue weighted by Gasteiger charge is 2.23. The molecule has 1 aliphatic carbocycles. The minimum atomic E-state index is 0.00598. The van der Waals surface area contributed by atoms with Gasteiger partial charge in [-0.2, -0.15) is 0 Å². The lowest BCUT2D eigenvalue weighted by atomic mass is 9.86. The minimum Gasteiger partial charge on any atom is -0.385 e. The number of anilines is 1. The van der Waals surface area contributed by atoms with Crippen molar-refractivity contribution in [1.29, 1.82) is 0 Å².